The normalized spacial score (nSPS) is 12.2. The lowest BCUT2D eigenvalue weighted by molar-refractivity contribution is 0.344. The highest BCUT2D eigenvalue weighted by atomic mass is 16.5. The van der Waals surface area contributed by atoms with Crippen molar-refractivity contribution >= 4 is 0 Å². The second kappa shape index (κ2) is 7.22. The lowest BCUT2D eigenvalue weighted by Crippen LogP contribution is -2.20. The first-order valence-electron chi connectivity index (χ1n) is 6.65. The van der Waals surface area contributed by atoms with Crippen molar-refractivity contribution in [1.82, 2.24) is 5.32 Å². The molecule has 1 N–H and O–H groups in total. The minimum atomic E-state index is 0.310. The molecule has 1 aromatic rings. The lowest BCUT2D eigenvalue weighted by Gasteiger charge is -2.19. The predicted molar refractivity (Wildman–Crippen MR) is 78.2 cm³/mol. The smallest absolute Gasteiger partial charge is 0.124 e. The fourth-order valence-electron chi connectivity index (χ4n) is 1.81. The summed E-state index contributed by atoms with van der Waals surface area (Å²) in [7, 11) is 0. The van der Waals surface area contributed by atoms with Gasteiger partial charge in [0.2, 0.25) is 0 Å². The predicted octanol–water partition coefficient (Wildman–Crippen LogP) is 4.01. The van der Waals surface area contributed by atoms with Crippen LogP contribution in [-0.2, 0) is 0 Å². The lowest BCUT2D eigenvalue weighted by atomic mass is 10.0. The van der Waals surface area contributed by atoms with Gasteiger partial charge in [0, 0.05) is 11.6 Å². The van der Waals surface area contributed by atoms with Crippen molar-refractivity contribution in [3.05, 3.63) is 41.5 Å². The third-order valence-electron chi connectivity index (χ3n) is 2.81. The fourth-order valence-corrected chi connectivity index (χ4v) is 1.81. The molecule has 0 spiro atoms. The van der Waals surface area contributed by atoms with Gasteiger partial charge in [0.1, 0.15) is 12.4 Å². The molecule has 100 valence electrons. The van der Waals surface area contributed by atoms with Crippen LogP contribution < -0.4 is 10.1 Å². The van der Waals surface area contributed by atoms with E-state index in [1.807, 2.05) is 6.92 Å². The van der Waals surface area contributed by atoms with E-state index in [4.69, 9.17) is 4.74 Å². The molecule has 18 heavy (non-hydrogen) atoms. The third-order valence-corrected chi connectivity index (χ3v) is 2.81. The Hall–Kier alpha value is -1.28. The summed E-state index contributed by atoms with van der Waals surface area (Å²) in [5, 5.41) is 3.50. The Kier molecular flexibility index (Phi) is 5.93. The van der Waals surface area contributed by atoms with Crippen molar-refractivity contribution in [1.29, 1.82) is 0 Å². The maximum Gasteiger partial charge on any atom is 0.124 e. The molecular formula is C16H25NO. The van der Waals surface area contributed by atoms with Crippen LogP contribution in [0, 0.1) is 6.92 Å². The molecule has 0 aliphatic rings. The van der Waals surface area contributed by atoms with Crippen LogP contribution in [0.3, 0.4) is 0 Å². The maximum absolute atomic E-state index is 5.82. The second-order valence-electron chi connectivity index (χ2n) is 4.96. The van der Waals surface area contributed by atoms with Gasteiger partial charge in [0.25, 0.3) is 0 Å². The topological polar surface area (TPSA) is 21.3 Å². The molecule has 0 aliphatic carbocycles. The van der Waals surface area contributed by atoms with Crippen molar-refractivity contribution < 1.29 is 4.74 Å². The van der Waals surface area contributed by atoms with Crippen LogP contribution >= 0.6 is 0 Å². The standard InChI is InChI=1S/C16H25NO/c1-6-9-17-14(5)15-10-13(4)7-8-16(15)18-11-12(2)3/h7-8,10,14,17H,2,6,9,11H2,1,3-5H3. The van der Waals surface area contributed by atoms with Crippen LogP contribution in [0.1, 0.15) is 44.4 Å². The highest BCUT2D eigenvalue weighted by Gasteiger charge is 2.11. The molecule has 0 aromatic heterocycles. The van der Waals surface area contributed by atoms with E-state index in [1.54, 1.807) is 0 Å². The maximum atomic E-state index is 5.82. The molecule has 0 saturated carbocycles. The molecule has 0 bridgehead atoms. The fraction of sp³-hybridized carbons (Fsp3) is 0.500. The van der Waals surface area contributed by atoms with Crippen molar-refractivity contribution in [3.8, 4) is 5.75 Å². The van der Waals surface area contributed by atoms with Gasteiger partial charge in [0.05, 0.1) is 0 Å². The van der Waals surface area contributed by atoms with Gasteiger partial charge < -0.3 is 10.1 Å². The van der Waals surface area contributed by atoms with E-state index < -0.39 is 0 Å². The molecule has 0 heterocycles. The van der Waals surface area contributed by atoms with Crippen LogP contribution in [0.5, 0.6) is 5.75 Å². The summed E-state index contributed by atoms with van der Waals surface area (Å²) >= 11 is 0. The summed E-state index contributed by atoms with van der Waals surface area (Å²) in [6.07, 6.45) is 1.14. The largest absolute Gasteiger partial charge is 0.489 e. The molecule has 1 atom stereocenters. The zero-order chi connectivity index (χ0) is 13.5. The molecule has 2 heteroatoms. The number of aryl methyl sites for hydroxylation is 1. The minimum absolute atomic E-state index is 0.310. The first-order chi connectivity index (χ1) is 8.54. The van der Waals surface area contributed by atoms with E-state index in [-0.39, 0.29) is 0 Å². The molecule has 0 fully saturated rings. The molecule has 2 nitrogen and oxygen atoms in total. The van der Waals surface area contributed by atoms with Gasteiger partial charge in [0.15, 0.2) is 0 Å². The molecule has 0 radical (unpaired) electrons. The van der Waals surface area contributed by atoms with Gasteiger partial charge in [-0.2, -0.15) is 0 Å². The van der Waals surface area contributed by atoms with Gasteiger partial charge in [-0.1, -0.05) is 31.2 Å². The van der Waals surface area contributed by atoms with E-state index in [2.05, 4.69) is 50.9 Å². The van der Waals surface area contributed by atoms with Crippen molar-refractivity contribution in [2.75, 3.05) is 13.2 Å². The van der Waals surface area contributed by atoms with E-state index in [0.29, 0.717) is 12.6 Å². The summed E-state index contributed by atoms with van der Waals surface area (Å²) in [5.74, 6) is 0.958. The molecule has 1 rings (SSSR count). The van der Waals surface area contributed by atoms with Gasteiger partial charge in [-0.3, -0.25) is 0 Å². The first-order valence-corrected chi connectivity index (χ1v) is 6.65. The molecule has 1 aromatic carbocycles. The summed E-state index contributed by atoms with van der Waals surface area (Å²) in [5.41, 5.74) is 3.53. The van der Waals surface area contributed by atoms with Crippen molar-refractivity contribution in [2.45, 2.75) is 40.2 Å². The summed E-state index contributed by atoms with van der Waals surface area (Å²) in [4.78, 5) is 0. The second-order valence-corrected chi connectivity index (χ2v) is 4.96. The van der Waals surface area contributed by atoms with Gasteiger partial charge >= 0.3 is 0 Å². The van der Waals surface area contributed by atoms with Crippen LogP contribution in [0.15, 0.2) is 30.4 Å². The SMILES string of the molecule is C=C(C)COc1ccc(C)cc1C(C)NCCC. The zero-order valence-corrected chi connectivity index (χ0v) is 12.0. The van der Waals surface area contributed by atoms with Crippen LogP contribution in [-0.4, -0.2) is 13.2 Å². The number of hydrogen-bond donors (Lipinski definition) is 1. The molecule has 0 saturated heterocycles. The Morgan fingerprint density at radius 1 is 1.44 bits per heavy atom. The monoisotopic (exact) mass is 247 g/mol. The van der Waals surface area contributed by atoms with Gasteiger partial charge in [-0.15, -0.1) is 0 Å². The summed E-state index contributed by atoms with van der Waals surface area (Å²) in [6.45, 7) is 13.9. The quantitative estimate of drug-likeness (QED) is 0.735. The van der Waals surface area contributed by atoms with E-state index in [9.17, 15) is 0 Å². The molecular weight excluding hydrogens is 222 g/mol. The van der Waals surface area contributed by atoms with Crippen LogP contribution in [0.4, 0.5) is 0 Å². The number of benzene rings is 1. The first kappa shape index (κ1) is 14.8. The highest BCUT2D eigenvalue weighted by molar-refractivity contribution is 5.39. The number of ether oxygens (including phenoxy) is 1. The summed E-state index contributed by atoms with van der Waals surface area (Å²) < 4.78 is 5.82. The van der Waals surface area contributed by atoms with Gasteiger partial charge in [-0.05, 0) is 45.4 Å². The zero-order valence-electron chi connectivity index (χ0n) is 12.0. The Balaban J connectivity index is 2.84. The highest BCUT2D eigenvalue weighted by Crippen LogP contribution is 2.26. The van der Waals surface area contributed by atoms with Crippen LogP contribution in [0.2, 0.25) is 0 Å². The Labute approximate surface area is 111 Å². The molecule has 0 aliphatic heterocycles. The number of nitrogens with one attached hydrogen (secondary N) is 1. The average molecular weight is 247 g/mol. The third kappa shape index (κ3) is 4.53. The Bertz CT molecular complexity index is 398. The van der Waals surface area contributed by atoms with Crippen LogP contribution in [0.25, 0.3) is 0 Å². The van der Waals surface area contributed by atoms with Crippen molar-refractivity contribution in [3.63, 3.8) is 0 Å². The van der Waals surface area contributed by atoms with Gasteiger partial charge in [-0.25, -0.2) is 0 Å². The van der Waals surface area contributed by atoms with E-state index in [1.165, 1.54) is 11.1 Å². The Morgan fingerprint density at radius 3 is 2.78 bits per heavy atom. The summed E-state index contributed by atoms with van der Waals surface area (Å²) in [6, 6.07) is 6.65. The number of rotatable bonds is 7. The minimum Gasteiger partial charge on any atom is -0.489 e. The Morgan fingerprint density at radius 2 is 2.17 bits per heavy atom. The van der Waals surface area contributed by atoms with Crippen molar-refractivity contribution in [2.24, 2.45) is 0 Å². The van der Waals surface area contributed by atoms with E-state index >= 15 is 0 Å². The van der Waals surface area contributed by atoms with E-state index in [0.717, 1.165) is 24.3 Å². The molecule has 1 unspecified atom stereocenters. The number of hydrogen-bond acceptors (Lipinski definition) is 2. The average Bonchev–Trinajstić information content (AvgIpc) is 2.34. The molecule has 0 amide bonds.